The Labute approximate surface area is 85.4 Å². The third-order valence-electron chi connectivity index (χ3n) is 1.86. The molecule has 3 heteroatoms. The number of allylic oxidation sites excluding steroid dienone is 3. The molecule has 0 saturated carbocycles. The summed E-state index contributed by atoms with van der Waals surface area (Å²) in [6.45, 7) is 1.70. The Morgan fingerprint density at radius 1 is 1.21 bits per heavy atom. The Hall–Kier alpha value is -0.640. The minimum atomic E-state index is -1.09. The highest BCUT2D eigenvalue weighted by molar-refractivity contribution is 5.05. The van der Waals surface area contributed by atoms with Gasteiger partial charge in [0.1, 0.15) is 12.2 Å². The standard InChI is InChI=1S/C11H20O3/c1-2-3-4-5-6-7-8-10(13)11(14)9-12/h5-8,10-14H,2-4,9H2,1H3. The van der Waals surface area contributed by atoms with Crippen molar-refractivity contribution in [2.24, 2.45) is 0 Å². The van der Waals surface area contributed by atoms with E-state index in [4.69, 9.17) is 10.2 Å². The summed E-state index contributed by atoms with van der Waals surface area (Å²) in [6, 6.07) is 0. The molecule has 14 heavy (non-hydrogen) atoms. The van der Waals surface area contributed by atoms with Gasteiger partial charge < -0.3 is 15.3 Å². The molecule has 0 fully saturated rings. The van der Waals surface area contributed by atoms with E-state index < -0.39 is 18.8 Å². The number of aliphatic hydroxyl groups excluding tert-OH is 3. The lowest BCUT2D eigenvalue weighted by molar-refractivity contribution is 0.00949. The maximum absolute atomic E-state index is 9.19. The molecule has 2 unspecified atom stereocenters. The molecule has 0 heterocycles. The van der Waals surface area contributed by atoms with Crippen molar-refractivity contribution in [3.8, 4) is 0 Å². The molecule has 3 N–H and O–H groups in total. The van der Waals surface area contributed by atoms with Gasteiger partial charge in [-0.1, -0.05) is 44.1 Å². The highest BCUT2D eigenvalue weighted by Gasteiger charge is 2.09. The van der Waals surface area contributed by atoms with Gasteiger partial charge in [-0.25, -0.2) is 0 Å². The van der Waals surface area contributed by atoms with E-state index >= 15 is 0 Å². The molecule has 0 aliphatic heterocycles. The first kappa shape index (κ1) is 13.4. The van der Waals surface area contributed by atoms with Crippen LogP contribution in [0.15, 0.2) is 24.3 Å². The summed E-state index contributed by atoms with van der Waals surface area (Å²) < 4.78 is 0. The Morgan fingerprint density at radius 2 is 1.93 bits per heavy atom. The van der Waals surface area contributed by atoms with Crippen LogP contribution >= 0.6 is 0 Å². The minimum absolute atomic E-state index is 0.426. The SMILES string of the molecule is CCCCC=CC=CC(O)C(O)CO. The zero-order chi connectivity index (χ0) is 10.8. The van der Waals surface area contributed by atoms with Gasteiger partial charge in [0.25, 0.3) is 0 Å². The van der Waals surface area contributed by atoms with Crippen molar-refractivity contribution in [3.63, 3.8) is 0 Å². The van der Waals surface area contributed by atoms with E-state index in [0.717, 1.165) is 12.8 Å². The predicted molar refractivity (Wildman–Crippen MR) is 56.9 cm³/mol. The van der Waals surface area contributed by atoms with Crippen molar-refractivity contribution in [3.05, 3.63) is 24.3 Å². The maximum atomic E-state index is 9.19. The van der Waals surface area contributed by atoms with Crippen LogP contribution in [-0.4, -0.2) is 34.1 Å². The van der Waals surface area contributed by atoms with Gasteiger partial charge in [-0.05, 0) is 6.42 Å². The van der Waals surface area contributed by atoms with Crippen molar-refractivity contribution >= 4 is 0 Å². The number of rotatable bonds is 7. The van der Waals surface area contributed by atoms with Gasteiger partial charge >= 0.3 is 0 Å². The van der Waals surface area contributed by atoms with Gasteiger partial charge in [-0.3, -0.25) is 0 Å². The first-order valence-corrected chi connectivity index (χ1v) is 5.02. The average molecular weight is 200 g/mol. The molecule has 0 amide bonds. The van der Waals surface area contributed by atoms with Gasteiger partial charge in [0, 0.05) is 0 Å². The molecule has 0 rings (SSSR count). The number of hydrogen-bond donors (Lipinski definition) is 3. The second-order valence-corrected chi connectivity index (χ2v) is 3.20. The molecule has 0 aromatic heterocycles. The van der Waals surface area contributed by atoms with Crippen LogP contribution < -0.4 is 0 Å². The minimum Gasteiger partial charge on any atom is -0.394 e. The van der Waals surface area contributed by atoms with Gasteiger partial charge in [0.05, 0.1) is 6.61 Å². The molecule has 0 aliphatic carbocycles. The maximum Gasteiger partial charge on any atom is 0.106 e. The molecule has 0 saturated heterocycles. The fourth-order valence-electron chi connectivity index (χ4n) is 0.911. The van der Waals surface area contributed by atoms with Gasteiger partial charge in [-0.15, -0.1) is 0 Å². The van der Waals surface area contributed by atoms with Crippen LogP contribution in [0, 0.1) is 0 Å². The van der Waals surface area contributed by atoms with Crippen molar-refractivity contribution in [1.29, 1.82) is 0 Å². The average Bonchev–Trinajstić information content (AvgIpc) is 2.21. The molecular formula is C11H20O3. The van der Waals surface area contributed by atoms with E-state index in [-0.39, 0.29) is 0 Å². The van der Waals surface area contributed by atoms with E-state index in [0.29, 0.717) is 0 Å². The summed E-state index contributed by atoms with van der Waals surface area (Å²) in [5.41, 5.74) is 0. The molecule has 0 aliphatic rings. The summed E-state index contributed by atoms with van der Waals surface area (Å²) in [7, 11) is 0. The Balaban J connectivity index is 3.65. The second kappa shape index (κ2) is 8.94. The van der Waals surface area contributed by atoms with Crippen LogP contribution in [0.4, 0.5) is 0 Å². The van der Waals surface area contributed by atoms with Crippen LogP contribution in [-0.2, 0) is 0 Å². The Bertz CT molecular complexity index is 175. The highest BCUT2D eigenvalue weighted by Crippen LogP contribution is 1.97. The molecule has 3 nitrogen and oxygen atoms in total. The zero-order valence-electron chi connectivity index (χ0n) is 8.63. The van der Waals surface area contributed by atoms with Crippen LogP contribution in [0.5, 0.6) is 0 Å². The first-order valence-electron chi connectivity index (χ1n) is 5.02. The van der Waals surface area contributed by atoms with Gasteiger partial charge in [-0.2, -0.15) is 0 Å². The van der Waals surface area contributed by atoms with Crippen molar-refractivity contribution in [1.82, 2.24) is 0 Å². The summed E-state index contributed by atoms with van der Waals surface area (Å²) >= 11 is 0. The Morgan fingerprint density at radius 3 is 2.50 bits per heavy atom. The van der Waals surface area contributed by atoms with Crippen LogP contribution in [0.3, 0.4) is 0 Å². The van der Waals surface area contributed by atoms with Crippen molar-refractivity contribution < 1.29 is 15.3 Å². The molecule has 0 aromatic rings. The quantitative estimate of drug-likeness (QED) is 0.424. The van der Waals surface area contributed by atoms with Crippen molar-refractivity contribution in [2.75, 3.05) is 6.61 Å². The third kappa shape index (κ3) is 6.83. The lowest BCUT2D eigenvalue weighted by Gasteiger charge is -2.09. The van der Waals surface area contributed by atoms with E-state index in [9.17, 15) is 5.11 Å². The summed E-state index contributed by atoms with van der Waals surface area (Å²) in [5, 5.41) is 26.7. The first-order chi connectivity index (χ1) is 6.72. The molecule has 82 valence electrons. The van der Waals surface area contributed by atoms with Gasteiger partial charge in [0.15, 0.2) is 0 Å². The van der Waals surface area contributed by atoms with Crippen molar-refractivity contribution in [2.45, 2.75) is 38.4 Å². The second-order valence-electron chi connectivity index (χ2n) is 3.20. The molecule has 2 atom stereocenters. The molecular weight excluding hydrogens is 180 g/mol. The molecule has 0 bridgehead atoms. The fourth-order valence-corrected chi connectivity index (χ4v) is 0.911. The van der Waals surface area contributed by atoms with Crippen LogP contribution in [0.1, 0.15) is 26.2 Å². The van der Waals surface area contributed by atoms with E-state index in [1.165, 1.54) is 12.5 Å². The number of hydrogen-bond acceptors (Lipinski definition) is 3. The number of aliphatic hydroxyl groups is 3. The van der Waals surface area contributed by atoms with Crippen LogP contribution in [0.25, 0.3) is 0 Å². The summed E-state index contributed by atoms with van der Waals surface area (Å²) in [4.78, 5) is 0. The van der Waals surface area contributed by atoms with Gasteiger partial charge in [0.2, 0.25) is 0 Å². The fraction of sp³-hybridized carbons (Fsp3) is 0.636. The zero-order valence-corrected chi connectivity index (χ0v) is 8.63. The molecule has 0 spiro atoms. The smallest absolute Gasteiger partial charge is 0.106 e. The van der Waals surface area contributed by atoms with E-state index in [2.05, 4.69) is 6.92 Å². The molecule has 0 radical (unpaired) electrons. The monoisotopic (exact) mass is 200 g/mol. The predicted octanol–water partition coefficient (Wildman–Crippen LogP) is 1.00. The van der Waals surface area contributed by atoms with E-state index in [1.807, 2.05) is 12.2 Å². The summed E-state index contributed by atoms with van der Waals surface area (Å²) in [5.74, 6) is 0. The van der Waals surface area contributed by atoms with Crippen LogP contribution in [0.2, 0.25) is 0 Å². The lowest BCUT2D eigenvalue weighted by atomic mass is 10.2. The topological polar surface area (TPSA) is 60.7 Å². The lowest BCUT2D eigenvalue weighted by Crippen LogP contribution is -2.27. The normalized spacial score (nSPS) is 16.6. The highest BCUT2D eigenvalue weighted by atomic mass is 16.4. The number of unbranched alkanes of at least 4 members (excludes halogenated alkanes) is 2. The molecule has 0 aromatic carbocycles. The van der Waals surface area contributed by atoms with E-state index in [1.54, 1.807) is 6.08 Å². The largest absolute Gasteiger partial charge is 0.394 e. The summed E-state index contributed by atoms with van der Waals surface area (Å²) in [6.07, 6.45) is 8.26. The third-order valence-corrected chi connectivity index (χ3v) is 1.86. The Kier molecular flexibility index (Phi) is 8.53.